The molecule has 1 aliphatic rings. The predicted molar refractivity (Wildman–Crippen MR) is 54.2 cm³/mol. The van der Waals surface area contributed by atoms with Crippen molar-refractivity contribution in [1.82, 2.24) is 0 Å². The number of ether oxygens (including phenoxy) is 1. The largest absolute Gasteiger partial charge is 0.481 e. The number of carboxylic acid groups (broad SMARTS) is 1. The molecule has 14 heavy (non-hydrogen) atoms. The lowest BCUT2D eigenvalue weighted by atomic mass is 9.80. The van der Waals surface area contributed by atoms with Gasteiger partial charge in [-0.2, -0.15) is 0 Å². The third kappa shape index (κ3) is 3.29. The van der Waals surface area contributed by atoms with Gasteiger partial charge in [-0.25, -0.2) is 0 Å². The summed E-state index contributed by atoms with van der Waals surface area (Å²) in [5.41, 5.74) is 0. The van der Waals surface area contributed by atoms with Crippen LogP contribution in [-0.4, -0.2) is 24.3 Å². The van der Waals surface area contributed by atoms with Gasteiger partial charge in [0.05, 0.1) is 12.5 Å². The van der Waals surface area contributed by atoms with Crippen LogP contribution in [0.1, 0.15) is 39.0 Å². The Morgan fingerprint density at radius 3 is 2.79 bits per heavy atom. The van der Waals surface area contributed by atoms with Crippen LogP contribution in [0.4, 0.5) is 0 Å². The molecule has 0 radical (unpaired) electrons. The van der Waals surface area contributed by atoms with E-state index in [1.165, 1.54) is 0 Å². The highest BCUT2D eigenvalue weighted by atomic mass is 16.5. The second-order valence-corrected chi connectivity index (χ2v) is 4.06. The van der Waals surface area contributed by atoms with Gasteiger partial charge in [0.1, 0.15) is 0 Å². The molecule has 1 N–H and O–H groups in total. The molecule has 0 heterocycles. The van der Waals surface area contributed by atoms with Crippen molar-refractivity contribution >= 4 is 5.97 Å². The second kappa shape index (κ2) is 6.02. The van der Waals surface area contributed by atoms with Crippen LogP contribution in [-0.2, 0) is 9.53 Å². The van der Waals surface area contributed by atoms with Crippen LogP contribution in [0.3, 0.4) is 0 Å². The maximum Gasteiger partial charge on any atom is 0.306 e. The minimum absolute atomic E-state index is 0.166. The highest BCUT2D eigenvalue weighted by Crippen LogP contribution is 2.30. The first-order valence-electron chi connectivity index (χ1n) is 5.56. The number of aliphatic carboxylic acids is 1. The van der Waals surface area contributed by atoms with Crippen molar-refractivity contribution in [3.63, 3.8) is 0 Å². The van der Waals surface area contributed by atoms with Crippen molar-refractivity contribution in [2.45, 2.75) is 39.0 Å². The van der Waals surface area contributed by atoms with Crippen LogP contribution >= 0.6 is 0 Å². The maximum absolute atomic E-state index is 10.9. The Morgan fingerprint density at radius 1 is 1.43 bits per heavy atom. The van der Waals surface area contributed by atoms with Crippen LogP contribution in [0.15, 0.2) is 0 Å². The molecule has 0 aromatic carbocycles. The number of rotatable bonds is 5. The predicted octanol–water partition coefficient (Wildman–Crippen LogP) is 2.30. The molecule has 0 aromatic heterocycles. The van der Waals surface area contributed by atoms with E-state index in [0.29, 0.717) is 6.61 Å². The molecule has 1 aliphatic carbocycles. The number of hydrogen-bond donors (Lipinski definition) is 1. The summed E-state index contributed by atoms with van der Waals surface area (Å²) in [5, 5.41) is 9.01. The summed E-state index contributed by atoms with van der Waals surface area (Å²) in [4.78, 5) is 10.9. The molecule has 3 heteroatoms. The average molecular weight is 200 g/mol. The molecule has 0 bridgehead atoms. The topological polar surface area (TPSA) is 46.5 Å². The molecular formula is C11H20O3. The Labute approximate surface area is 85.5 Å². The fourth-order valence-corrected chi connectivity index (χ4v) is 2.11. The minimum Gasteiger partial charge on any atom is -0.481 e. The van der Waals surface area contributed by atoms with Crippen LogP contribution in [0.5, 0.6) is 0 Å². The molecule has 1 fully saturated rings. The van der Waals surface area contributed by atoms with Crippen molar-refractivity contribution in [3.05, 3.63) is 0 Å². The van der Waals surface area contributed by atoms with Gasteiger partial charge >= 0.3 is 5.97 Å². The number of hydrogen-bond acceptors (Lipinski definition) is 2. The molecule has 0 aromatic rings. The Kier molecular flexibility index (Phi) is 4.94. The maximum atomic E-state index is 10.9. The molecule has 1 saturated carbocycles. The van der Waals surface area contributed by atoms with Crippen molar-refractivity contribution in [3.8, 4) is 0 Å². The molecule has 3 nitrogen and oxygen atoms in total. The van der Waals surface area contributed by atoms with Crippen molar-refractivity contribution in [2.24, 2.45) is 11.8 Å². The Balaban J connectivity index is 2.34. The van der Waals surface area contributed by atoms with Gasteiger partial charge in [-0.1, -0.05) is 19.8 Å². The molecule has 2 atom stereocenters. The van der Waals surface area contributed by atoms with Gasteiger partial charge in [0, 0.05) is 6.61 Å². The fourth-order valence-electron chi connectivity index (χ4n) is 2.11. The lowest BCUT2D eigenvalue weighted by molar-refractivity contribution is -0.146. The third-order valence-electron chi connectivity index (χ3n) is 2.91. The number of carboxylic acids is 1. The van der Waals surface area contributed by atoms with Gasteiger partial charge in [0.25, 0.3) is 0 Å². The molecule has 82 valence electrons. The van der Waals surface area contributed by atoms with Crippen LogP contribution in [0.2, 0.25) is 0 Å². The zero-order chi connectivity index (χ0) is 10.4. The molecule has 1 rings (SSSR count). The van der Waals surface area contributed by atoms with E-state index in [2.05, 4.69) is 6.92 Å². The second-order valence-electron chi connectivity index (χ2n) is 4.06. The number of carbonyl (C=O) groups is 1. The van der Waals surface area contributed by atoms with Gasteiger partial charge < -0.3 is 9.84 Å². The summed E-state index contributed by atoms with van der Waals surface area (Å²) in [5.74, 6) is -0.566. The van der Waals surface area contributed by atoms with Crippen LogP contribution < -0.4 is 0 Å². The molecule has 0 saturated heterocycles. The van der Waals surface area contributed by atoms with Gasteiger partial charge in [-0.15, -0.1) is 0 Å². The first kappa shape index (κ1) is 11.5. The summed E-state index contributed by atoms with van der Waals surface area (Å²) < 4.78 is 5.44. The summed E-state index contributed by atoms with van der Waals surface area (Å²) in [6.45, 7) is 3.45. The monoisotopic (exact) mass is 200 g/mol. The summed E-state index contributed by atoms with van der Waals surface area (Å²) >= 11 is 0. The Bertz CT molecular complexity index is 179. The first-order valence-corrected chi connectivity index (χ1v) is 5.56. The molecule has 2 unspecified atom stereocenters. The highest BCUT2D eigenvalue weighted by molar-refractivity contribution is 5.70. The van der Waals surface area contributed by atoms with E-state index in [1.807, 2.05) is 0 Å². The SMILES string of the molecule is CCCOCC1CCCCC1C(=O)O. The van der Waals surface area contributed by atoms with Crippen LogP contribution in [0.25, 0.3) is 0 Å². The standard InChI is InChI=1S/C11H20O3/c1-2-7-14-8-9-5-3-4-6-10(9)11(12)13/h9-10H,2-8H2,1H3,(H,12,13). The van der Waals surface area contributed by atoms with Crippen LogP contribution in [0, 0.1) is 11.8 Å². The Morgan fingerprint density at radius 2 is 2.14 bits per heavy atom. The van der Waals surface area contributed by atoms with Crippen molar-refractivity contribution < 1.29 is 14.6 Å². The average Bonchev–Trinajstić information content (AvgIpc) is 2.19. The summed E-state index contributed by atoms with van der Waals surface area (Å²) in [7, 11) is 0. The van der Waals surface area contributed by atoms with E-state index < -0.39 is 5.97 Å². The van der Waals surface area contributed by atoms with Crippen molar-refractivity contribution in [1.29, 1.82) is 0 Å². The molecule has 0 spiro atoms. The smallest absolute Gasteiger partial charge is 0.306 e. The molecule has 0 aliphatic heterocycles. The molecular weight excluding hydrogens is 180 g/mol. The Hall–Kier alpha value is -0.570. The zero-order valence-electron chi connectivity index (χ0n) is 8.87. The van der Waals surface area contributed by atoms with Crippen molar-refractivity contribution in [2.75, 3.05) is 13.2 Å². The third-order valence-corrected chi connectivity index (χ3v) is 2.91. The minimum atomic E-state index is -0.644. The summed E-state index contributed by atoms with van der Waals surface area (Å²) in [6, 6.07) is 0. The van der Waals surface area contributed by atoms with Gasteiger partial charge in [0.2, 0.25) is 0 Å². The van der Waals surface area contributed by atoms with E-state index in [-0.39, 0.29) is 11.8 Å². The molecule has 0 amide bonds. The highest BCUT2D eigenvalue weighted by Gasteiger charge is 2.30. The first-order chi connectivity index (χ1) is 6.75. The fraction of sp³-hybridized carbons (Fsp3) is 0.909. The van der Waals surface area contributed by atoms with E-state index in [1.54, 1.807) is 0 Å². The van der Waals surface area contributed by atoms with E-state index >= 15 is 0 Å². The van der Waals surface area contributed by atoms with E-state index in [0.717, 1.165) is 38.7 Å². The quantitative estimate of drug-likeness (QED) is 0.693. The lowest BCUT2D eigenvalue weighted by Gasteiger charge is -2.28. The van der Waals surface area contributed by atoms with Gasteiger partial charge in [0.15, 0.2) is 0 Å². The van der Waals surface area contributed by atoms with E-state index in [4.69, 9.17) is 9.84 Å². The zero-order valence-corrected chi connectivity index (χ0v) is 8.87. The van der Waals surface area contributed by atoms with E-state index in [9.17, 15) is 4.79 Å². The van der Waals surface area contributed by atoms with Gasteiger partial charge in [-0.3, -0.25) is 4.79 Å². The lowest BCUT2D eigenvalue weighted by Crippen LogP contribution is -2.30. The van der Waals surface area contributed by atoms with Gasteiger partial charge in [-0.05, 0) is 25.2 Å². The normalized spacial score (nSPS) is 27.5. The summed E-state index contributed by atoms with van der Waals surface area (Å²) in [6.07, 6.45) is 5.06.